The van der Waals surface area contributed by atoms with E-state index in [0.717, 1.165) is 53.0 Å². The zero-order valence-electron chi connectivity index (χ0n) is 16.7. The van der Waals surface area contributed by atoms with Crippen molar-refractivity contribution >= 4 is 17.4 Å². The highest BCUT2D eigenvalue weighted by atomic mass is 16.5. The number of ether oxygens (including phenoxy) is 2. The average molecular weight is 379 g/mol. The van der Waals surface area contributed by atoms with Crippen molar-refractivity contribution in [3.63, 3.8) is 0 Å². The molecular weight excluding hydrogens is 354 g/mol. The van der Waals surface area contributed by atoms with E-state index >= 15 is 0 Å². The molecule has 0 N–H and O–H groups in total. The van der Waals surface area contributed by atoms with Crippen LogP contribution in [0.3, 0.4) is 0 Å². The number of hydrogen-bond donors (Lipinski definition) is 0. The number of hydrogen-bond acceptors (Lipinski definition) is 5. The predicted octanol–water partition coefficient (Wildman–Crippen LogP) is 3.74. The Morgan fingerprint density at radius 3 is 2.71 bits per heavy atom. The molecular formula is C22H25N3O3. The molecule has 146 valence electrons. The Labute approximate surface area is 165 Å². The molecule has 0 radical (unpaired) electrons. The Kier molecular flexibility index (Phi) is 4.71. The van der Waals surface area contributed by atoms with Crippen LogP contribution >= 0.6 is 0 Å². The summed E-state index contributed by atoms with van der Waals surface area (Å²) in [6.07, 6.45) is 0. The number of fused-ring (bicyclic) bond motifs is 2. The van der Waals surface area contributed by atoms with Crippen molar-refractivity contribution in [1.29, 1.82) is 0 Å². The standard InChI is InChI=1S/C22H25N3O3/c1-14-5-7-19-21(11-14)28-20-8-6-17(27-4)12-18(20)22(23-19)24-9-10-25(16(3)26)15(2)13-24/h5-8,11-12,15H,9-10,13H2,1-4H3/t15-/m0/s1. The second-order valence-electron chi connectivity index (χ2n) is 7.38. The zero-order valence-corrected chi connectivity index (χ0v) is 16.7. The summed E-state index contributed by atoms with van der Waals surface area (Å²) in [5.74, 6) is 3.22. The van der Waals surface area contributed by atoms with Crippen molar-refractivity contribution in [2.24, 2.45) is 4.99 Å². The molecule has 6 heteroatoms. The van der Waals surface area contributed by atoms with Crippen molar-refractivity contribution in [3.05, 3.63) is 47.5 Å². The first-order chi connectivity index (χ1) is 13.5. The summed E-state index contributed by atoms with van der Waals surface area (Å²) in [5.41, 5.74) is 2.82. The number of piperazine rings is 1. The van der Waals surface area contributed by atoms with Crippen molar-refractivity contribution in [1.82, 2.24) is 9.80 Å². The molecule has 0 aromatic heterocycles. The Bertz CT molecular complexity index is 954. The quantitative estimate of drug-likeness (QED) is 0.757. The topological polar surface area (TPSA) is 54.4 Å². The van der Waals surface area contributed by atoms with Gasteiger partial charge in [0.1, 0.15) is 23.0 Å². The highest BCUT2D eigenvalue weighted by Gasteiger charge is 2.30. The van der Waals surface area contributed by atoms with Gasteiger partial charge in [0.05, 0.1) is 12.7 Å². The summed E-state index contributed by atoms with van der Waals surface area (Å²) < 4.78 is 11.7. The summed E-state index contributed by atoms with van der Waals surface area (Å²) >= 11 is 0. The molecule has 2 aliphatic rings. The molecule has 2 aromatic carbocycles. The van der Waals surface area contributed by atoms with Crippen LogP contribution in [0.25, 0.3) is 0 Å². The maximum atomic E-state index is 11.9. The van der Waals surface area contributed by atoms with Gasteiger partial charge in [0.25, 0.3) is 0 Å². The second-order valence-corrected chi connectivity index (χ2v) is 7.38. The lowest BCUT2D eigenvalue weighted by Gasteiger charge is -2.40. The van der Waals surface area contributed by atoms with Crippen LogP contribution in [-0.4, -0.2) is 54.3 Å². The van der Waals surface area contributed by atoms with Gasteiger partial charge in [-0.15, -0.1) is 0 Å². The van der Waals surface area contributed by atoms with E-state index in [2.05, 4.69) is 11.8 Å². The second kappa shape index (κ2) is 7.19. The highest BCUT2D eigenvalue weighted by molar-refractivity contribution is 6.04. The Hall–Kier alpha value is -3.02. The van der Waals surface area contributed by atoms with Gasteiger partial charge in [0, 0.05) is 32.6 Å². The number of aliphatic imine (C=N–C) groups is 1. The van der Waals surface area contributed by atoms with Crippen LogP contribution in [0.2, 0.25) is 0 Å². The zero-order chi connectivity index (χ0) is 19.8. The number of carbonyl (C=O) groups is 1. The number of amides is 1. The van der Waals surface area contributed by atoms with Gasteiger partial charge < -0.3 is 19.3 Å². The molecule has 2 aromatic rings. The molecule has 1 atom stereocenters. The normalized spacial score (nSPS) is 18.4. The summed E-state index contributed by atoms with van der Waals surface area (Å²) in [7, 11) is 1.65. The van der Waals surface area contributed by atoms with Crippen LogP contribution in [0.15, 0.2) is 41.4 Å². The number of methoxy groups -OCH3 is 1. The van der Waals surface area contributed by atoms with Crippen LogP contribution in [0.1, 0.15) is 25.0 Å². The molecule has 0 aliphatic carbocycles. The van der Waals surface area contributed by atoms with Gasteiger partial charge >= 0.3 is 0 Å². The maximum absolute atomic E-state index is 11.9. The monoisotopic (exact) mass is 379 g/mol. The van der Waals surface area contributed by atoms with E-state index < -0.39 is 0 Å². The number of aryl methyl sites for hydroxylation is 1. The largest absolute Gasteiger partial charge is 0.497 e. The van der Waals surface area contributed by atoms with E-state index in [-0.39, 0.29) is 11.9 Å². The lowest BCUT2D eigenvalue weighted by Crippen LogP contribution is -2.55. The van der Waals surface area contributed by atoms with Crippen LogP contribution < -0.4 is 9.47 Å². The van der Waals surface area contributed by atoms with Crippen LogP contribution in [0.5, 0.6) is 17.2 Å². The van der Waals surface area contributed by atoms with Crippen molar-refractivity contribution in [3.8, 4) is 17.2 Å². The van der Waals surface area contributed by atoms with Gasteiger partial charge in [-0.05, 0) is 49.7 Å². The molecule has 0 spiro atoms. The molecule has 2 heterocycles. The molecule has 4 rings (SSSR count). The molecule has 1 fully saturated rings. The summed E-state index contributed by atoms with van der Waals surface area (Å²) in [4.78, 5) is 21.0. The third-order valence-electron chi connectivity index (χ3n) is 5.32. The molecule has 28 heavy (non-hydrogen) atoms. The minimum absolute atomic E-state index is 0.112. The van der Waals surface area contributed by atoms with Gasteiger partial charge in [0.2, 0.25) is 5.91 Å². The first-order valence-corrected chi connectivity index (χ1v) is 9.54. The number of carbonyl (C=O) groups excluding carboxylic acids is 1. The number of benzene rings is 2. The Morgan fingerprint density at radius 1 is 1.18 bits per heavy atom. The lowest BCUT2D eigenvalue weighted by molar-refractivity contribution is -0.132. The summed E-state index contributed by atoms with van der Waals surface area (Å²) in [6.45, 7) is 7.86. The maximum Gasteiger partial charge on any atom is 0.219 e. The SMILES string of the molecule is COc1ccc2c(c1)C(N1CCN(C(C)=O)[C@@H](C)C1)=Nc1ccc(C)cc1O2. The first kappa shape index (κ1) is 18.3. The first-order valence-electron chi connectivity index (χ1n) is 9.54. The highest BCUT2D eigenvalue weighted by Crippen LogP contribution is 2.40. The fourth-order valence-corrected chi connectivity index (χ4v) is 3.85. The van der Waals surface area contributed by atoms with Gasteiger partial charge in [0.15, 0.2) is 5.75 Å². The van der Waals surface area contributed by atoms with Crippen molar-refractivity contribution in [2.45, 2.75) is 26.8 Å². The van der Waals surface area contributed by atoms with Gasteiger partial charge in [-0.3, -0.25) is 4.79 Å². The molecule has 0 bridgehead atoms. The minimum atomic E-state index is 0.112. The molecule has 2 aliphatic heterocycles. The molecule has 6 nitrogen and oxygen atoms in total. The average Bonchev–Trinajstić information content (AvgIpc) is 2.83. The molecule has 0 unspecified atom stereocenters. The molecule has 1 saturated heterocycles. The van der Waals surface area contributed by atoms with E-state index in [9.17, 15) is 4.79 Å². The third kappa shape index (κ3) is 3.30. The fraction of sp³-hybridized carbons (Fsp3) is 0.364. The number of nitrogens with zero attached hydrogens (tertiary/aromatic N) is 3. The molecule has 0 saturated carbocycles. The van der Waals surface area contributed by atoms with Crippen LogP contribution in [0.4, 0.5) is 5.69 Å². The van der Waals surface area contributed by atoms with Crippen LogP contribution in [0, 0.1) is 6.92 Å². The van der Waals surface area contributed by atoms with Crippen LogP contribution in [-0.2, 0) is 4.79 Å². The van der Waals surface area contributed by atoms with Crippen molar-refractivity contribution in [2.75, 3.05) is 26.7 Å². The lowest BCUT2D eigenvalue weighted by atomic mass is 10.1. The fourth-order valence-electron chi connectivity index (χ4n) is 3.85. The summed E-state index contributed by atoms with van der Waals surface area (Å²) in [6, 6.07) is 11.9. The van der Waals surface area contributed by atoms with E-state index in [1.807, 2.05) is 48.2 Å². The number of amidine groups is 1. The van der Waals surface area contributed by atoms with Gasteiger partial charge in [-0.25, -0.2) is 4.99 Å². The molecule has 1 amide bonds. The third-order valence-corrected chi connectivity index (χ3v) is 5.32. The minimum Gasteiger partial charge on any atom is -0.497 e. The van der Waals surface area contributed by atoms with E-state index in [1.54, 1.807) is 14.0 Å². The Morgan fingerprint density at radius 2 is 2.00 bits per heavy atom. The van der Waals surface area contributed by atoms with E-state index in [1.165, 1.54) is 0 Å². The van der Waals surface area contributed by atoms with E-state index in [0.29, 0.717) is 6.54 Å². The summed E-state index contributed by atoms with van der Waals surface area (Å²) in [5, 5.41) is 0. The smallest absolute Gasteiger partial charge is 0.219 e. The number of rotatable bonds is 1. The van der Waals surface area contributed by atoms with Crippen molar-refractivity contribution < 1.29 is 14.3 Å². The predicted molar refractivity (Wildman–Crippen MR) is 109 cm³/mol. The Balaban J connectivity index is 1.79. The van der Waals surface area contributed by atoms with Gasteiger partial charge in [-0.2, -0.15) is 0 Å². The van der Waals surface area contributed by atoms with E-state index in [4.69, 9.17) is 14.5 Å². The van der Waals surface area contributed by atoms with Gasteiger partial charge in [-0.1, -0.05) is 6.07 Å².